The van der Waals surface area contributed by atoms with Crippen LogP contribution in [0.2, 0.25) is 0 Å². The van der Waals surface area contributed by atoms with Crippen LogP contribution in [0.3, 0.4) is 0 Å². The first-order valence-corrected chi connectivity index (χ1v) is 8.93. The highest BCUT2D eigenvalue weighted by atomic mass is 19.1. The van der Waals surface area contributed by atoms with Gasteiger partial charge < -0.3 is 20.3 Å². The lowest BCUT2D eigenvalue weighted by atomic mass is 10.0. The molecule has 1 atom stereocenters. The van der Waals surface area contributed by atoms with Crippen molar-refractivity contribution >= 4 is 17.6 Å². The van der Waals surface area contributed by atoms with E-state index in [1.807, 2.05) is 0 Å². The van der Waals surface area contributed by atoms with Gasteiger partial charge in [-0.1, -0.05) is 0 Å². The van der Waals surface area contributed by atoms with Gasteiger partial charge in [0.1, 0.15) is 30.5 Å². The molecule has 2 N–H and O–H groups in total. The first-order valence-electron chi connectivity index (χ1n) is 8.93. The van der Waals surface area contributed by atoms with E-state index in [9.17, 15) is 18.4 Å². The number of hydrogen-bond donors (Lipinski definition) is 2. The quantitative estimate of drug-likeness (QED) is 0.849. The van der Waals surface area contributed by atoms with Gasteiger partial charge >= 0.3 is 6.03 Å². The molecule has 9 heteroatoms. The molecule has 28 heavy (non-hydrogen) atoms. The topological polar surface area (TPSA) is 83.6 Å². The second kappa shape index (κ2) is 5.88. The lowest BCUT2D eigenvalue weighted by molar-refractivity contribution is -0.123. The second-order valence-corrected chi connectivity index (χ2v) is 7.18. The van der Waals surface area contributed by atoms with Crippen molar-refractivity contribution < 1.29 is 23.1 Å². The first-order chi connectivity index (χ1) is 13.5. The Morgan fingerprint density at radius 2 is 2.21 bits per heavy atom. The van der Waals surface area contributed by atoms with Crippen LogP contribution in [-0.2, 0) is 10.3 Å². The van der Waals surface area contributed by atoms with Gasteiger partial charge in [0, 0.05) is 18.3 Å². The molecule has 0 bridgehead atoms. The Labute approximate surface area is 158 Å². The predicted molar refractivity (Wildman–Crippen MR) is 93.6 cm³/mol. The number of urea groups is 1. The Morgan fingerprint density at radius 3 is 3.00 bits per heavy atom. The highest BCUT2D eigenvalue weighted by Gasteiger charge is 2.56. The van der Waals surface area contributed by atoms with E-state index in [0.29, 0.717) is 5.69 Å². The van der Waals surface area contributed by atoms with Crippen LogP contribution < -0.4 is 15.4 Å². The number of rotatable bonds is 3. The van der Waals surface area contributed by atoms with Gasteiger partial charge in [-0.2, -0.15) is 0 Å². The van der Waals surface area contributed by atoms with Crippen molar-refractivity contribution in [1.82, 2.24) is 15.2 Å². The van der Waals surface area contributed by atoms with Crippen molar-refractivity contribution in [3.63, 3.8) is 0 Å². The van der Waals surface area contributed by atoms with Gasteiger partial charge in [0.25, 0.3) is 0 Å². The van der Waals surface area contributed by atoms with E-state index < -0.39 is 29.1 Å². The van der Waals surface area contributed by atoms with Crippen LogP contribution >= 0.6 is 0 Å². The summed E-state index contributed by atoms with van der Waals surface area (Å²) in [4.78, 5) is 31.0. The number of ether oxygens (including phenoxy) is 1. The summed E-state index contributed by atoms with van der Waals surface area (Å²) in [5.74, 6) is -1.89. The molecule has 1 fully saturated rings. The van der Waals surface area contributed by atoms with Crippen LogP contribution in [0.25, 0.3) is 0 Å². The number of anilines is 1. The van der Waals surface area contributed by atoms with Gasteiger partial charge in [-0.15, -0.1) is 0 Å². The van der Waals surface area contributed by atoms with Gasteiger partial charge in [0.05, 0.1) is 28.5 Å². The Hall–Kier alpha value is -3.23. The summed E-state index contributed by atoms with van der Waals surface area (Å²) in [6, 6.07) is 4.26. The molecule has 1 aliphatic carbocycles. The molecular formula is C19H16F2N4O3. The van der Waals surface area contributed by atoms with Crippen LogP contribution in [0.15, 0.2) is 30.5 Å². The monoisotopic (exact) mass is 386 g/mol. The second-order valence-electron chi connectivity index (χ2n) is 7.18. The number of hydrogen-bond acceptors (Lipinski definition) is 4. The van der Waals surface area contributed by atoms with Gasteiger partial charge in [0.15, 0.2) is 0 Å². The fourth-order valence-corrected chi connectivity index (χ4v) is 4.00. The molecule has 5 rings (SSSR count). The fourth-order valence-electron chi connectivity index (χ4n) is 4.00. The number of fused-ring (bicyclic) bond motifs is 3. The summed E-state index contributed by atoms with van der Waals surface area (Å²) in [5, 5.41) is 5.44. The highest BCUT2D eigenvalue weighted by Crippen LogP contribution is 2.54. The molecule has 144 valence electrons. The number of benzene rings is 1. The number of carbonyl (C=O) groups excluding carboxylic acids is 2. The highest BCUT2D eigenvalue weighted by molar-refractivity contribution is 5.96. The van der Waals surface area contributed by atoms with Crippen molar-refractivity contribution in [1.29, 1.82) is 0 Å². The molecule has 1 aromatic carbocycles. The average molecular weight is 386 g/mol. The normalized spacial score (nSPS) is 20.9. The summed E-state index contributed by atoms with van der Waals surface area (Å²) in [5.41, 5.74) is 0.947. The van der Waals surface area contributed by atoms with E-state index in [4.69, 9.17) is 4.74 Å². The van der Waals surface area contributed by atoms with Crippen molar-refractivity contribution in [3.8, 4) is 5.75 Å². The van der Waals surface area contributed by atoms with Gasteiger partial charge in [0.2, 0.25) is 5.91 Å². The Morgan fingerprint density at radius 1 is 1.39 bits per heavy atom. The minimum absolute atomic E-state index is 0.00315. The molecule has 2 aromatic rings. The fraction of sp³-hybridized carbons (Fsp3) is 0.316. The molecule has 1 aromatic heterocycles. The maximum atomic E-state index is 14.1. The van der Waals surface area contributed by atoms with Crippen LogP contribution in [0.1, 0.15) is 30.1 Å². The Kier molecular flexibility index (Phi) is 3.55. The lowest BCUT2D eigenvalue weighted by Crippen LogP contribution is -2.52. The molecule has 0 radical (unpaired) electrons. The van der Waals surface area contributed by atoms with E-state index >= 15 is 0 Å². The first kappa shape index (κ1) is 16.9. The summed E-state index contributed by atoms with van der Waals surface area (Å²) >= 11 is 0. The predicted octanol–water partition coefficient (Wildman–Crippen LogP) is 2.45. The number of nitrogens with one attached hydrogen (secondary N) is 2. The number of aromatic nitrogens is 1. The number of amides is 3. The number of nitrogens with zero attached hydrogens (tertiary/aromatic N) is 2. The van der Waals surface area contributed by atoms with E-state index in [1.165, 1.54) is 4.90 Å². The molecule has 1 saturated carbocycles. The SMILES string of the molecule is O=C(CN1C(=O)Nc2cccnc2C12CC2)N[C@@H]1COc2cc(F)cc(F)c21. The zero-order valence-electron chi connectivity index (χ0n) is 14.7. The summed E-state index contributed by atoms with van der Waals surface area (Å²) in [6.45, 7) is -0.195. The van der Waals surface area contributed by atoms with E-state index in [1.54, 1.807) is 18.3 Å². The third kappa shape index (κ3) is 2.49. The standard InChI is InChI=1S/C19H16F2N4O3/c20-10-6-11(21)16-13(9-28-14(16)7-10)23-15(26)8-25-18(27)24-12-2-1-5-22-17(12)19(25)3-4-19/h1-2,5-7,13H,3-4,8-9H2,(H,23,26)(H,24,27)/t13-/m1/s1. The summed E-state index contributed by atoms with van der Waals surface area (Å²) in [6.07, 6.45) is 3.10. The summed E-state index contributed by atoms with van der Waals surface area (Å²) < 4.78 is 32.7. The van der Waals surface area contributed by atoms with Crippen LogP contribution in [0, 0.1) is 11.6 Å². The summed E-state index contributed by atoms with van der Waals surface area (Å²) in [7, 11) is 0. The van der Waals surface area contributed by atoms with Crippen LogP contribution in [0.4, 0.5) is 19.3 Å². The van der Waals surface area contributed by atoms with E-state index in [-0.39, 0.29) is 30.5 Å². The molecule has 3 aliphatic rings. The van der Waals surface area contributed by atoms with Crippen LogP contribution in [0.5, 0.6) is 5.75 Å². The molecule has 3 heterocycles. The third-order valence-corrected chi connectivity index (χ3v) is 5.42. The minimum Gasteiger partial charge on any atom is -0.490 e. The zero-order chi connectivity index (χ0) is 19.5. The van der Waals surface area contributed by atoms with Crippen molar-refractivity contribution in [2.24, 2.45) is 0 Å². The molecule has 2 aliphatic heterocycles. The Bertz CT molecular complexity index is 1010. The molecule has 1 spiro atoms. The smallest absolute Gasteiger partial charge is 0.323 e. The third-order valence-electron chi connectivity index (χ3n) is 5.42. The number of halogens is 2. The van der Waals surface area contributed by atoms with Crippen molar-refractivity contribution in [2.45, 2.75) is 24.4 Å². The van der Waals surface area contributed by atoms with E-state index in [2.05, 4.69) is 15.6 Å². The maximum absolute atomic E-state index is 14.1. The largest absolute Gasteiger partial charge is 0.490 e. The number of carbonyl (C=O) groups is 2. The molecular weight excluding hydrogens is 370 g/mol. The molecule has 3 amide bonds. The average Bonchev–Trinajstić information content (AvgIpc) is 3.34. The van der Waals surface area contributed by atoms with E-state index in [0.717, 1.165) is 30.7 Å². The lowest BCUT2D eigenvalue weighted by Gasteiger charge is -2.36. The maximum Gasteiger partial charge on any atom is 0.323 e. The number of pyridine rings is 1. The van der Waals surface area contributed by atoms with Crippen molar-refractivity contribution in [3.05, 3.63) is 53.4 Å². The van der Waals surface area contributed by atoms with Crippen molar-refractivity contribution in [2.75, 3.05) is 18.5 Å². The van der Waals surface area contributed by atoms with Crippen LogP contribution in [-0.4, -0.2) is 35.0 Å². The molecule has 7 nitrogen and oxygen atoms in total. The zero-order valence-corrected chi connectivity index (χ0v) is 14.7. The van der Waals surface area contributed by atoms with Gasteiger partial charge in [-0.05, 0) is 25.0 Å². The van der Waals surface area contributed by atoms with Gasteiger partial charge in [-0.3, -0.25) is 9.78 Å². The molecule has 0 saturated heterocycles. The Balaban J connectivity index is 1.35. The van der Waals surface area contributed by atoms with Gasteiger partial charge in [-0.25, -0.2) is 13.6 Å². The molecule has 0 unspecified atom stereocenters. The minimum atomic E-state index is -0.773.